The number of carbonyl (C=O) groups excluding carboxylic acids is 2. The molecule has 3 rings (SSSR count). The fourth-order valence-corrected chi connectivity index (χ4v) is 4.77. The topological polar surface area (TPSA) is 58.2 Å². The average Bonchev–Trinajstić information content (AvgIpc) is 2.61. The highest BCUT2D eigenvalue weighted by Crippen LogP contribution is 2.36. The lowest BCUT2D eigenvalue weighted by molar-refractivity contribution is -0.127. The summed E-state index contributed by atoms with van der Waals surface area (Å²) in [6, 6.07) is 4.52. The lowest BCUT2D eigenvalue weighted by Crippen LogP contribution is -2.40. The highest BCUT2D eigenvalue weighted by Gasteiger charge is 2.23. The lowest BCUT2D eigenvalue weighted by Gasteiger charge is -2.26. The number of nitrogens with one attached hydrogen (secondary N) is 2. The van der Waals surface area contributed by atoms with E-state index in [1.54, 1.807) is 17.8 Å². The molecule has 4 nitrogen and oxygen atoms in total. The third-order valence-corrected chi connectivity index (χ3v) is 6.11. The third-order valence-electron chi connectivity index (χ3n) is 4.99. The molecule has 1 aromatic carbocycles. The minimum Gasteiger partial charge on any atom is -0.348 e. The molecule has 2 aliphatic rings. The van der Waals surface area contributed by atoms with E-state index >= 15 is 0 Å². The van der Waals surface area contributed by atoms with Crippen LogP contribution in [0.15, 0.2) is 23.1 Å². The lowest BCUT2D eigenvalue weighted by atomic mass is 9.87. The van der Waals surface area contributed by atoms with Crippen LogP contribution < -0.4 is 10.6 Å². The number of thioether (sulfide) groups is 1. The van der Waals surface area contributed by atoms with Crippen LogP contribution in [0.4, 0.5) is 4.39 Å². The largest absolute Gasteiger partial charge is 0.348 e. The molecule has 1 fully saturated rings. The minimum atomic E-state index is -0.290. The molecular formula is C19H25FN2O2S. The number of rotatable bonds is 5. The smallest absolute Gasteiger partial charge is 0.239 e. The van der Waals surface area contributed by atoms with Crippen molar-refractivity contribution >= 4 is 23.6 Å². The van der Waals surface area contributed by atoms with Crippen molar-refractivity contribution in [3.8, 4) is 0 Å². The Kier molecular flexibility index (Phi) is 6.34. The fraction of sp³-hybridized carbons (Fsp3) is 0.579. The van der Waals surface area contributed by atoms with Gasteiger partial charge in [0.2, 0.25) is 11.8 Å². The summed E-state index contributed by atoms with van der Waals surface area (Å²) in [6.07, 6.45) is 7.18. The Morgan fingerprint density at radius 1 is 1.12 bits per heavy atom. The van der Waals surface area contributed by atoms with Gasteiger partial charge < -0.3 is 10.6 Å². The van der Waals surface area contributed by atoms with Gasteiger partial charge in [-0.15, -0.1) is 11.8 Å². The molecule has 136 valence electrons. The molecule has 1 atom stereocenters. The van der Waals surface area contributed by atoms with Gasteiger partial charge in [-0.3, -0.25) is 9.59 Å². The van der Waals surface area contributed by atoms with Gasteiger partial charge in [-0.1, -0.05) is 19.3 Å². The first-order valence-electron chi connectivity index (χ1n) is 9.10. The van der Waals surface area contributed by atoms with Crippen molar-refractivity contribution < 1.29 is 14.0 Å². The van der Waals surface area contributed by atoms with E-state index in [1.165, 1.54) is 31.4 Å². The molecule has 1 aromatic rings. The quantitative estimate of drug-likeness (QED) is 0.840. The molecule has 25 heavy (non-hydrogen) atoms. The van der Waals surface area contributed by atoms with Crippen LogP contribution in [0.1, 0.15) is 56.6 Å². The van der Waals surface area contributed by atoms with Gasteiger partial charge in [0.25, 0.3) is 0 Å². The van der Waals surface area contributed by atoms with Gasteiger partial charge in [-0.25, -0.2) is 4.39 Å². The number of carbonyl (C=O) groups is 2. The van der Waals surface area contributed by atoms with Crippen LogP contribution >= 0.6 is 11.8 Å². The van der Waals surface area contributed by atoms with Gasteiger partial charge in [-0.2, -0.15) is 0 Å². The van der Waals surface area contributed by atoms with E-state index in [1.807, 2.05) is 0 Å². The molecule has 0 bridgehead atoms. The zero-order valence-electron chi connectivity index (χ0n) is 14.4. The van der Waals surface area contributed by atoms with Crippen LogP contribution in [0.5, 0.6) is 0 Å². The molecule has 0 saturated heterocycles. The summed E-state index contributed by atoms with van der Waals surface area (Å²) in [5.74, 6) is 0.789. The Morgan fingerprint density at radius 3 is 2.72 bits per heavy atom. The number of amides is 2. The first-order valence-corrected chi connectivity index (χ1v) is 10.1. The van der Waals surface area contributed by atoms with Crippen LogP contribution in [0.2, 0.25) is 0 Å². The number of hydrogen-bond donors (Lipinski definition) is 2. The SMILES string of the molecule is O=C(CC1CCCCC1)NCC(=O)NC1CCSc2ccc(F)cc21. The highest BCUT2D eigenvalue weighted by molar-refractivity contribution is 7.99. The van der Waals surface area contributed by atoms with Crippen LogP contribution in [0, 0.1) is 11.7 Å². The molecule has 1 aliphatic heterocycles. The van der Waals surface area contributed by atoms with E-state index in [2.05, 4.69) is 10.6 Å². The molecule has 1 aliphatic carbocycles. The maximum Gasteiger partial charge on any atom is 0.239 e. The molecule has 1 unspecified atom stereocenters. The Bertz CT molecular complexity index is 632. The summed E-state index contributed by atoms with van der Waals surface area (Å²) in [5, 5.41) is 5.65. The molecule has 1 heterocycles. The number of fused-ring (bicyclic) bond motifs is 1. The minimum absolute atomic E-state index is 0.0140. The molecule has 1 saturated carbocycles. The van der Waals surface area contributed by atoms with Crippen molar-refractivity contribution in [2.75, 3.05) is 12.3 Å². The number of hydrogen-bond acceptors (Lipinski definition) is 3. The van der Waals surface area contributed by atoms with E-state index in [9.17, 15) is 14.0 Å². The predicted octanol–water partition coefficient (Wildman–Crippen LogP) is 3.57. The van der Waals surface area contributed by atoms with E-state index in [0.717, 1.165) is 35.5 Å². The van der Waals surface area contributed by atoms with Gasteiger partial charge in [0, 0.05) is 17.1 Å². The van der Waals surface area contributed by atoms with Crippen LogP contribution in [0.3, 0.4) is 0 Å². The van der Waals surface area contributed by atoms with Gasteiger partial charge in [-0.05, 0) is 48.9 Å². The summed E-state index contributed by atoms with van der Waals surface area (Å²) >= 11 is 1.68. The zero-order valence-corrected chi connectivity index (χ0v) is 15.2. The Morgan fingerprint density at radius 2 is 1.92 bits per heavy atom. The summed E-state index contributed by atoms with van der Waals surface area (Å²) in [6.45, 7) is -0.0140. The first kappa shape index (κ1) is 18.2. The van der Waals surface area contributed by atoms with Crippen molar-refractivity contribution in [2.45, 2.75) is 55.9 Å². The van der Waals surface area contributed by atoms with Gasteiger partial charge >= 0.3 is 0 Å². The maximum absolute atomic E-state index is 13.5. The molecule has 0 radical (unpaired) electrons. The van der Waals surface area contributed by atoms with E-state index in [0.29, 0.717) is 12.3 Å². The summed E-state index contributed by atoms with van der Waals surface area (Å²) in [4.78, 5) is 25.2. The number of benzene rings is 1. The summed E-state index contributed by atoms with van der Waals surface area (Å²) in [5.41, 5.74) is 0.832. The van der Waals surface area contributed by atoms with Crippen LogP contribution in [-0.2, 0) is 9.59 Å². The van der Waals surface area contributed by atoms with Crippen molar-refractivity contribution in [1.82, 2.24) is 10.6 Å². The highest BCUT2D eigenvalue weighted by atomic mass is 32.2. The third kappa shape index (κ3) is 5.21. The van der Waals surface area contributed by atoms with Gasteiger partial charge in [0.1, 0.15) is 5.82 Å². The molecule has 6 heteroatoms. The second kappa shape index (κ2) is 8.70. The number of halogens is 1. The van der Waals surface area contributed by atoms with Crippen molar-refractivity contribution in [3.63, 3.8) is 0 Å². The van der Waals surface area contributed by atoms with Crippen molar-refractivity contribution in [3.05, 3.63) is 29.6 Å². The monoisotopic (exact) mass is 364 g/mol. The van der Waals surface area contributed by atoms with Gasteiger partial charge in [0.15, 0.2) is 0 Å². The average molecular weight is 364 g/mol. The van der Waals surface area contributed by atoms with Crippen molar-refractivity contribution in [2.24, 2.45) is 5.92 Å². The van der Waals surface area contributed by atoms with Crippen molar-refractivity contribution in [1.29, 1.82) is 0 Å². The Hall–Kier alpha value is -1.56. The predicted molar refractivity (Wildman–Crippen MR) is 96.8 cm³/mol. The molecule has 0 spiro atoms. The standard InChI is InChI=1S/C19H25FN2O2S/c20-14-6-7-17-15(11-14)16(8-9-25-17)22-19(24)12-21-18(23)10-13-4-2-1-3-5-13/h6-7,11,13,16H,1-5,8-10,12H2,(H,21,23)(H,22,24). The molecular weight excluding hydrogens is 339 g/mol. The van der Waals surface area contributed by atoms with E-state index < -0.39 is 0 Å². The Labute approximate surface area is 152 Å². The summed E-state index contributed by atoms with van der Waals surface area (Å²) in [7, 11) is 0. The fourth-order valence-electron chi connectivity index (χ4n) is 3.67. The van der Waals surface area contributed by atoms with E-state index in [4.69, 9.17) is 0 Å². The van der Waals surface area contributed by atoms with Crippen LogP contribution in [-0.4, -0.2) is 24.1 Å². The zero-order chi connectivity index (χ0) is 17.6. The van der Waals surface area contributed by atoms with E-state index in [-0.39, 0.29) is 30.2 Å². The normalized spacial score (nSPS) is 20.6. The Balaban J connectivity index is 1.47. The molecule has 0 aromatic heterocycles. The summed E-state index contributed by atoms with van der Waals surface area (Å²) < 4.78 is 13.5. The van der Waals surface area contributed by atoms with Crippen LogP contribution in [0.25, 0.3) is 0 Å². The first-order chi connectivity index (χ1) is 12.1. The molecule has 2 amide bonds. The maximum atomic E-state index is 13.5. The molecule has 2 N–H and O–H groups in total. The van der Waals surface area contributed by atoms with Gasteiger partial charge in [0.05, 0.1) is 12.6 Å². The second-order valence-electron chi connectivity index (χ2n) is 6.92. The second-order valence-corrected chi connectivity index (χ2v) is 8.06.